The Labute approximate surface area is 140 Å². The molecular weight excluding hydrogens is 368 g/mol. The molecule has 1 aromatic heterocycles. The molecule has 0 saturated heterocycles. The predicted octanol–water partition coefficient (Wildman–Crippen LogP) is 2.53. The van der Waals surface area contributed by atoms with E-state index >= 15 is 0 Å². The Morgan fingerprint density at radius 1 is 1.43 bits per heavy atom. The number of carbonyl (C=O) groups is 2. The Morgan fingerprint density at radius 3 is 2.87 bits per heavy atom. The fourth-order valence-electron chi connectivity index (χ4n) is 2.01. The molecule has 0 aliphatic heterocycles. The summed E-state index contributed by atoms with van der Waals surface area (Å²) in [6.45, 7) is 0.199. The molecule has 1 aromatic carbocycles. The van der Waals surface area contributed by atoms with Crippen LogP contribution in [-0.2, 0) is 16.1 Å². The molecule has 8 heteroatoms. The number of halogens is 1. The molecule has 7 nitrogen and oxygen atoms in total. The quantitative estimate of drug-likeness (QED) is 0.762. The highest BCUT2D eigenvalue weighted by Gasteiger charge is 2.21. The van der Waals surface area contributed by atoms with Crippen LogP contribution >= 0.6 is 15.9 Å². The molecule has 1 unspecified atom stereocenters. The van der Waals surface area contributed by atoms with Crippen LogP contribution in [0, 0.1) is 0 Å². The topological polar surface area (TPSA) is 102 Å². The summed E-state index contributed by atoms with van der Waals surface area (Å²) in [6.07, 6.45) is -0.245. The molecule has 0 aliphatic rings. The number of nitrogens with one attached hydrogen (secondary N) is 1. The van der Waals surface area contributed by atoms with E-state index in [4.69, 9.17) is 14.4 Å². The summed E-state index contributed by atoms with van der Waals surface area (Å²) in [4.78, 5) is 23.3. The molecule has 122 valence electrons. The maximum atomic E-state index is 12.2. The van der Waals surface area contributed by atoms with Gasteiger partial charge in [0.15, 0.2) is 11.5 Å². The molecule has 0 spiro atoms. The van der Waals surface area contributed by atoms with Crippen LogP contribution < -0.4 is 5.32 Å². The number of aromatic nitrogens is 1. The van der Waals surface area contributed by atoms with Crippen LogP contribution in [0.15, 0.2) is 39.3 Å². The number of ether oxygens (including phenoxy) is 1. The molecule has 1 atom stereocenters. The highest BCUT2D eigenvalue weighted by Crippen LogP contribution is 2.21. The Kier molecular flexibility index (Phi) is 5.89. The van der Waals surface area contributed by atoms with E-state index in [-0.39, 0.29) is 18.7 Å². The van der Waals surface area contributed by atoms with Gasteiger partial charge in [0.25, 0.3) is 5.91 Å². The predicted molar refractivity (Wildman–Crippen MR) is 83.8 cm³/mol. The number of carbonyl (C=O) groups excluding carboxylic acids is 1. The number of amides is 1. The van der Waals surface area contributed by atoms with Gasteiger partial charge in [-0.15, -0.1) is 0 Å². The first-order valence-corrected chi connectivity index (χ1v) is 7.51. The molecule has 0 saturated carbocycles. The van der Waals surface area contributed by atoms with Crippen LogP contribution in [0.1, 0.15) is 34.3 Å². The molecule has 2 rings (SSSR count). The Hall–Kier alpha value is -2.19. The van der Waals surface area contributed by atoms with Crippen molar-refractivity contribution in [3.63, 3.8) is 0 Å². The molecule has 1 amide bonds. The van der Waals surface area contributed by atoms with Gasteiger partial charge >= 0.3 is 5.97 Å². The third kappa shape index (κ3) is 4.90. The lowest BCUT2D eigenvalue weighted by atomic mass is 10.0. The fourth-order valence-corrected chi connectivity index (χ4v) is 2.43. The van der Waals surface area contributed by atoms with Crippen molar-refractivity contribution in [1.82, 2.24) is 10.5 Å². The highest BCUT2D eigenvalue weighted by molar-refractivity contribution is 9.10. The van der Waals surface area contributed by atoms with Gasteiger partial charge < -0.3 is 19.7 Å². The molecular formula is C15H15BrN2O5. The van der Waals surface area contributed by atoms with E-state index < -0.39 is 17.9 Å². The SMILES string of the molecule is COCc1cc(C(=O)NC(CC(=O)O)c2cccc(Br)c2)no1. The number of carboxylic acid groups (broad SMARTS) is 1. The van der Waals surface area contributed by atoms with E-state index in [1.165, 1.54) is 13.2 Å². The summed E-state index contributed by atoms with van der Waals surface area (Å²) in [5.74, 6) is -1.12. The summed E-state index contributed by atoms with van der Waals surface area (Å²) in [5.41, 5.74) is 0.748. The average molecular weight is 383 g/mol. The van der Waals surface area contributed by atoms with Crippen LogP contribution in [0.5, 0.6) is 0 Å². The van der Waals surface area contributed by atoms with Crippen molar-refractivity contribution in [3.8, 4) is 0 Å². The van der Waals surface area contributed by atoms with Crippen LogP contribution in [0.3, 0.4) is 0 Å². The minimum absolute atomic E-state index is 0.0717. The lowest BCUT2D eigenvalue weighted by molar-refractivity contribution is -0.137. The molecule has 0 aliphatic carbocycles. The minimum atomic E-state index is -1.02. The smallest absolute Gasteiger partial charge is 0.305 e. The van der Waals surface area contributed by atoms with Crippen LogP contribution in [-0.4, -0.2) is 29.2 Å². The first-order valence-electron chi connectivity index (χ1n) is 6.72. The number of rotatable bonds is 7. The van der Waals surface area contributed by atoms with Crippen LogP contribution in [0.4, 0.5) is 0 Å². The monoisotopic (exact) mass is 382 g/mol. The highest BCUT2D eigenvalue weighted by atomic mass is 79.9. The number of methoxy groups -OCH3 is 1. The van der Waals surface area contributed by atoms with E-state index in [9.17, 15) is 9.59 Å². The van der Waals surface area contributed by atoms with Crippen molar-refractivity contribution in [2.24, 2.45) is 0 Å². The largest absolute Gasteiger partial charge is 0.481 e. The van der Waals surface area contributed by atoms with Gasteiger partial charge in [-0.05, 0) is 17.7 Å². The summed E-state index contributed by atoms with van der Waals surface area (Å²) in [6, 6.07) is 7.87. The van der Waals surface area contributed by atoms with Gasteiger partial charge in [0.1, 0.15) is 6.61 Å². The van der Waals surface area contributed by atoms with Gasteiger partial charge in [-0.2, -0.15) is 0 Å². The number of benzene rings is 1. The Bertz CT molecular complexity index is 701. The molecule has 2 aromatic rings. The molecule has 0 fully saturated rings. The number of carboxylic acids is 1. The maximum Gasteiger partial charge on any atom is 0.305 e. The standard InChI is InChI=1S/C15H15BrN2O5/c1-22-8-11-6-13(18-23-11)15(21)17-12(7-14(19)20)9-3-2-4-10(16)5-9/h2-6,12H,7-8H2,1H3,(H,17,21)(H,19,20). The zero-order chi connectivity index (χ0) is 16.8. The summed E-state index contributed by atoms with van der Waals surface area (Å²) in [7, 11) is 1.50. The second-order valence-electron chi connectivity index (χ2n) is 4.79. The Morgan fingerprint density at radius 2 is 2.22 bits per heavy atom. The van der Waals surface area contributed by atoms with Crippen molar-refractivity contribution in [2.75, 3.05) is 7.11 Å². The second kappa shape index (κ2) is 7.89. The van der Waals surface area contributed by atoms with Crippen molar-refractivity contribution in [3.05, 3.63) is 51.8 Å². The van der Waals surface area contributed by atoms with Gasteiger partial charge in [0.2, 0.25) is 0 Å². The zero-order valence-electron chi connectivity index (χ0n) is 12.3. The molecule has 1 heterocycles. The molecule has 2 N–H and O–H groups in total. The van der Waals surface area contributed by atoms with Crippen molar-refractivity contribution < 1.29 is 24.0 Å². The van der Waals surface area contributed by atoms with E-state index in [2.05, 4.69) is 26.4 Å². The van der Waals surface area contributed by atoms with E-state index in [1.807, 2.05) is 6.07 Å². The first kappa shape index (κ1) is 17.2. The van der Waals surface area contributed by atoms with Crippen LogP contribution in [0.25, 0.3) is 0 Å². The van der Waals surface area contributed by atoms with E-state index in [0.717, 1.165) is 4.47 Å². The van der Waals surface area contributed by atoms with Crippen molar-refractivity contribution >= 4 is 27.8 Å². The lowest BCUT2D eigenvalue weighted by Crippen LogP contribution is -2.30. The third-order valence-corrected chi connectivity index (χ3v) is 3.51. The minimum Gasteiger partial charge on any atom is -0.481 e. The maximum absolute atomic E-state index is 12.2. The van der Waals surface area contributed by atoms with Gasteiger partial charge in [0.05, 0.1) is 12.5 Å². The normalized spacial score (nSPS) is 11.9. The lowest BCUT2D eigenvalue weighted by Gasteiger charge is -2.17. The summed E-state index contributed by atoms with van der Waals surface area (Å²) < 4.78 is 10.6. The summed E-state index contributed by atoms with van der Waals surface area (Å²) in [5, 5.41) is 15.4. The fraction of sp³-hybridized carbons (Fsp3) is 0.267. The second-order valence-corrected chi connectivity index (χ2v) is 5.71. The zero-order valence-corrected chi connectivity index (χ0v) is 13.9. The van der Waals surface area contributed by atoms with Crippen molar-refractivity contribution in [1.29, 1.82) is 0 Å². The van der Waals surface area contributed by atoms with Gasteiger partial charge in [0, 0.05) is 17.6 Å². The number of nitrogens with zero attached hydrogens (tertiary/aromatic N) is 1. The van der Waals surface area contributed by atoms with Crippen molar-refractivity contribution in [2.45, 2.75) is 19.1 Å². The van der Waals surface area contributed by atoms with Crippen LogP contribution in [0.2, 0.25) is 0 Å². The van der Waals surface area contributed by atoms with E-state index in [0.29, 0.717) is 11.3 Å². The molecule has 0 bridgehead atoms. The Balaban J connectivity index is 2.16. The average Bonchev–Trinajstić information content (AvgIpc) is 2.95. The summed E-state index contributed by atoms with van der Waals surface area (Å²) >= 11 is 3.33. The van der Waals surface area contributed by atoms with Gasteiger partial charge in [-0.3, -0.25) is 9.59 Å². The first-order chi connectivity index (χ1) is 11.0. The third-order valence-electron chi connectivity index (χ3n) is 3.01. The van der Waals surface area contributed by atoms with E-state index in [1.54, 1.807) is 18.2 Å². The number of aliphatic carboxylic acids is 1. The van der Waals surface area contributed by atoms with Gasteiger partial charge in [-0.25, -0.2) is 0 Å². The number of hydrogen-bond acceptors (Lipinski definition) is 5. The molecule has 23 heavy (non-hydrogen) atoms. The molecule has 0 radical (unpaired) electrons. The van der Waals surface area contributed by atoms with Gasteiger partial charge in [-0.1, -0.05) is 33.2 Å². The number of hydrogen-bond donors (Lipinski definition) is 2.